The first-order chi connectivity index (χ1) is 12.8. The Hall–Kier alpha value is -2.35. The highest BCUT2D eigenvalue weighted by Crippen LogP contribution is 2.26. The summed E-state index contributed by atoms with van der Waals surface area (Å²) >= 11 is 0. The highest BCUT2D eigenvalue weighted by atomic mass is 32.2. The number of sulfonamides is 1. The molecule has 0 amide bonds. The van der Waals surface area contributed by atoms with Gasteiger partial charge in [-0.3, -0.25) is 0 Å². The average molecular weight is 388 g/mol. The number of hydrogen-bond acceptors (Lipinski definition) is 4. The molecule has 1 unspecified atom stereocenters. The van der Waals surface area contributed by atoms with Crippen LogP contribution in [0.25, 0.3) is 10.9 Å². The lowest BCUT2D eigenvalue weighted by atomic mass is 10.1. The molecule has 0 saturated carbocycles. The predicted octanol–water partition coefficient (Wildman–Crippen LogP) is 2.90. The molecule has 0 spiro atoms. The second kappa shape index (κ2) is 7.72. The van der Waals surface area contributed by atoms with E-state index in [0.717, 1.165) is 16.5 Å². The summed E-state index contributed by atoms with van der Waals surface area (Å²) in [6.07, 6.45) is 0.987. The van der Waals surface area contributed by atoms with Crippen molar-refractivity contribution in [1.29, 1.82) is 0 Å². The van der Waals surface area contributed by atoms with Gasteiger partial charge in [0.15, 0.2) is 0 Å². The second-order valence-electron chi connectivity index (χ2n) is 6.50. The maximum atomic E-state index is 12.7. The Kier molecular flexibility index (Phi) is 5.55. The van der Waals surface area contributed by atoms with E-state index in [1.807, 2.05) is 42.9 Å². The first-order valence-corrected chi connectivity index (χ1v) is 10.3. The van der Waals surface area contributed by atoms with Crippen LogP contribution in [0, 0.1) is 6.92 Å². The standard InChI is InChI=1S/C20H24N2O4S/c1-4-26-19-8-5-14(2)11-20(19)27(24,25)21-13-18(23)16-6-7-17-15(12-16)9-10-22(17)3/h5-12,18,21,23H,4,13H2,1-3H3. The largest absolute Gasteiger partial charge is 0.492 e. The summed E-state index contributed by atoms with van der Waals surface area (Å²) in [5, 5.41) is 11.5. The van der Waals surface area contributed by atoms with Crippen molar-refractivity contribution in [2.45, 2.75) is 24.8 Å². The summed E-state index contributed by atoms with van der Waals surface area (Å²) in [7, 11) is -1.87. The molecule has 3 aromatic rings. The molecule has 0 aliphatic rings. The lowest BCUT2D eigenvalue weighted by Crippen LogP contribution is -2.29. The maximum absolute atomic E-state index is 12.7. The lowest BCUT2D eigenvalue weighted by Gasteiger charge is -2.15. The third-order valence-corrected chi connectivity index (χ3v) is 5.89. The number of rotatable bonds is 7. The molecule has 27 heavy (non-hydrogen) atoms. The van der Waals surface area contributed by atoms with Crippen LogP contribution in [0.1, 0.15) is 24.2 Å². The van der Waals surface area contributed by atoms with Gasteiger partial charge in [-0.15, -0.1) is 0 Å². The molecule has 0 bridgehead atoms. The normalized spacial score (nSPS) is 13.0. The van der Waals surface area contributed by atoms with Crippen molar-refractivity contribution in [1.82, 2.24) is 9.29 Å². The molecule has 0 saturated heterocycles. The van der Waals surface area contributed by atoms with Gasteiger partial charge in [0.25, 0.3) is 0 Å². The van der Waals surface area contributed by atoms with E-state index in [1.165, 1.54) is 0 Å². The first-order valence-electron chi connectivity index (χ1n) is 8.78. The van der Waals surface area contributed by atoms with Crippen molar-refractivity contribution in [3.8, 4) is 5.75 Å². The lowest BCUT2D eigenvalue weighted by molar-refractivity contribution is 0.182. The van der Waals surface area contributed by atoms with Crippen molar-refractivity contribution in [2.75, 3.05) is 13.2 Å². The SMILES string of the molecule is CCOc1ccc(C)cc1S(=O)(=O)NCC(O)c1ccc2c(ccn2C)c1. The molecule has 3 rings (SSSR count). The summed E-state index contributed by atoms with van der Waals surface area (Å²) in [4.78, 5) is 0.0788. The van der Waals surface area contributed by atoms with E-state index >= 15 is 0 Å². The van der Waals surface area contributed by atoms with Gasteiger partial charge in [-0.2, -0.15) is 0 Å². The van der Waals surface area contributed by atoms with Crippen LogP contribution in [0.3, 0.4) is 0 Å². The van der Waals surface area contributed by atoms with E-state index in [1.54, 1.807) is 31.2 Å². The fraction of sp³-hybridized carbons (Fsp3) is 0.300. The summed E-state index contributed by atoms with van der Waals surface area (Å²) in [6.45, 7) is 3.86. The summed E-state index contributed by atoms with van der Waals surface area (Å²) in [5.41, 5.74) is 2.52. The predicted molar refractivity (Wildman–Crippen MR) is 105 cm³/mol. The summed E-state index contributed by atoms with van der Waals surface area (Å²) < 4.78 is 35.4. The Morgan fingerprint density at radius 3 is 2.70 bits per heavy atom. The third kappa shape index (κ3) is 4.16. The number of hydrogen-bond donors (Lipinski definition) is 2. The topological polar surface area (TPSA) is 80.6 Å². The van der Waals surface area contributed by atoms with E-state index in [2.05, 4.69) is 4.72 Å². The number of aromatic nitrogens is 1. The molecule has 7 heteroatoms. The summed E-state index contributed by atoms with van der Waals surface area (Å²) in [5.74, 6) is 0.302. The Morgan fingerprint density at radius 2 is 1.96 bits per heavy atom. The van der Waals surface area contributed by atoms with E-state index < -0.39 is 16.1 Å². The van der Waals surface area contributed by atoms with Gasteiger partial charge in [0.1, 0.15) is 10.6 Å². The van der Waals surface area contributed by atoms with E-state index in [-0.39, 0.29) is 11.4 Å². The van der Waals surface area contributed by atoms with Gasteiger partial charge < -0.3 is 14.4 Å². The fourth-order valence-electron chi connectivity index (χ4n) is 2.99. The Morgan fingerprint density at radius 1 is 1.19 bits per heavy atom. The van der Waals surface area contributed by atoms with Gasteiger partial charge in [0.05, 0.1) is 12.7 Å². The smallest absolute Gasteiger partial charge is 0.244 e. The highest BCUT2D eigenvalue weighted by Gasteiger charge is 2.21. The number of aryl methyl sites for hydroxylation is 2. The van der Waals surface area contributed by atoms with E-state index in [9.17, 15) is 13.5 Å². The van der Waals surface area contributed by atoms with Crippen LogP contribution in [0.15, 0.2) is 53.6 Å². The Balaban J connectivity index is 1.79. The van der Waals surface area contributed by atoms with Crippen molar-refractivity contribution >= 4 is 20.9 Å². The number of fused-ring (bicyclic) bond motifs is 1. The second-order valence-corrected chi connectivity index (χ2v) is 8.23. The number of nitrogens with one attached hydrogen (secondary N) is 1. The van der Waals surface area contributed by atoms with Crippen molar-refractivity contribution in [3.05, 3.63) is 59.8 Å². The van der Waals surface area contributed by atoms with Gasteiger partial charge in [-0.1, -0.05) is 12.1 Å². The molecule has 1 heterocycles. The number of benzene rings is 2. The van der Waals surface area contributed by atoms with Crippen LogP contribution in [-0.4, -0.2) is 31.2 Å². The van der Waals surface area contributed by atoms with Crippen LogP contribution < -0.4 is 9.46 Å². The number of aliphatic hydroxyl groups is 1. The molecule has 144 valence electrons. The minimum absolute atomic E-state index is 0.0788. The number of ether oxygens (including phenoxy) is 1. The minimum atomic E-state index is -3.82. The van der Waals surface area contributed by atoms with Crippen LogP contribution in [0.5, 0.6) is 5.75 Å². The van der Waals surface area contributed by atoms with Crippen LogP contribution >= 0.6 is 0 Å². The highest BCUT2D eigenvalue weighted by molar-refractivity contribution is 7.89. The molecule has 0 aliphatic carbocycles. The molecule has 2 aromatic carbocycles. The Labute approximate surface area is 159 Å². The molecular weight excluding hydrogens is 364 g/mol. The monoisotopic (exact) mass is 388 g/mol. The van der Waals surface area contributed by atoms with Crippen LogP contribution in [0.2, 0.25) is 0 Å². The number of aliphatic hydroxyl groups excluding tert-OH is 1. The van der Waals surface area contributed by atoms with Gasteiger partial charge >= 0.3 is 0 Å². The zero-order valence-corrected chi connectivity index (χ0v) is 16.5. The van der Waals surface area contributed by atoms with Gasteiger partial charge in [-0.25, -0.2) is 13.1 Å². The molecule has 1 atom stereocenters. The molecule has 2 N–H and O–H groups in total. The van der Waals surface area contributed by atoms with Crippen molar-refractivity contribution in [2.24, 2.45) is 7.05 Å². The summed E-state index contributed by atoms with van der Waals surface area (Å²) in [6, 6.07) is 12.6. The van der Waals surface area contributed by atoms with E-state index in [4.69, 9.17) is 4.74 Å². The zero-order chi connectivity index (χ0) is 19.6. The maximum Gasteiger partial charge on any atom is 0.244 e. The molecular formula is C20H24N2O4S. The molecule has 0 fully saturated rings. The quantitative estimate of drug-likeness (QED) is 0.652. The van der Waals surface area contributed by atoms with Gasteiger partial charge in [0.2, 0.25) is 10.0 Å². The average Bonchev–Trinajstić information content (AvgIpc) is 3.02. The molecule has 6 nitrogen and oxygen atoms in total. The minimum Gasteiger partial charge on any atom is -0.492 e. The molecule has 0 radical (unpaired) electrons. The Bertz CT molecular complexity index is 1060. The van der Waals surface area contributed by atoms with E-state index in [0.29, 0.717) is 17.9 Å². The molecule has 1 aromatic heterocycles. The van der Waals surface area contributed by atoms with Crippen molar-refractivity contribution < 1.29 is 18.3 Å². The molecule has 0 aliphatic heterocycles. The van der Waals surface area contributed by atoms with Crippen LogP contribution in [0.4, 0.5) is 0 Å². The third-order valence-electron chi connectivity index (χ3n) is 4.45. The van der Waals surface area contributed by atoms with Crippen LogP contribution in [-0.2, 0) is 17.1 Å². The van der Waals surface area contributed by atoms with Crippen molar-refractivity contribution in [3.63, 3.8) is 0 Å². The zero-order valence-electron chi connectivity index (χ0n) is 15.6. The fourth-order valence-corrected chi connectivity index (χ4v) is 4.26. The van der Waals surface area contributed by atoms with Gasteiger partial charge in [-0.05, 0) is 60.7 Å². The first kappa shape index (κ1) is 19.4. The van der Waals surface area contributed by atoms with Gasteiger partial charge in [0, 0.05) is 25.3 Å². The number of nitrogens with zero attached hydrogens (tertiary/aromatic N) is 1.